The molecule has 0 aromatic rings. The van der Waals surface area contributed by atoms with E-state index in [1.165, 1.54) is 180 Å². The van der Waals surface area contributed by atoms with Gasteiger partial charge in [0.1, 0.15) is 0 Å². The molecule has 43 heavy (non-hydrogen) atoms. The Hall–Kier alpha value is 0.610. The van der Waals surface area contributed by atoms with Gasteiger partial charge in [0.05, 0.1) is 6.61 Å². The molecule has 0 fully saturated rings. The minimum Gasteiger partial charge on any atom is -0.726 e. The van der Waals surface area contributed by atoms with Crippen LogP contribution in [-0.4, -0.2) is 19.6 Å². The molecule has 0 heterocycles. The second kappa shape index (κ2) is 37.1. The summed E-state index contributed by atoms with van der Waals surface area (Å²) in [5.41, 5.74) is 0. The minimum atomic E-state index is -4.62. The van der Waals surface area contributed by atoms with Gasteiger partial charge in [-0.1, -0.05) is 206 Å². The molecule has 0 aromatic carbocycles. The third-order valence-electron chi connectivity index (χ3n) is 8.74. The number of hydrogen-bond acceptors (Lipinski definition) is 4. The van der Waals surface area contributed by atoms with E-state index in [1.54, 1.807) is 0 Å². The zero-order valence-corrected chi connectivity index (χ0v) is 32.2. The van der Waals surface area contributed by atoms with E-state index in [0.29, 0.717) is 0 Å². The molecule has 0 aliphatic carbocycles. The molecule has 0 radical (unpaired) electrons. The van der Waals surface area contributed by atoms with Crippen molar-refractivity contribution in [1.29, 1.82) is 0 Å². The van der Waals surface area contributed by atoms with Gasteiger partial charge in [-0.15, -0.1) is 0 Å². The summed E-state index contributed by atoms with van der Waals surface area (Å²) in [6.07, 6.45) is 45.3. The summed E-state index contributed by atoms with van der Waals surface area (Å²) in [6, 6.07) is 0. The maximum Gasteiger partial charge on any atom is 1.00 e. The van der Waals surface area contributed by atoms with Crippen LogP contribution >= 0.6 is 0 Å². The van der Waals surface area contributed by atoms with Gasteiger partial charge in [0.2, 0.25) is 10.4 Å². The third kappa shape index (κ3) is 40.6. The Bertz CT molecular complexity index is 653. The minimum absolute atomic E-state index is 0. The van der Waals surface area contributed by atoms with Crippen molar-refractivity contribution in [2.75, 3.05) is 6.61 Å². The summed E-state index contributed by atoms with van der Waals surface area (Å²) in [5.74, 6) is 0.0161. The van der Waals surface area contributed by atoms with Crippen molar-refractivity contribution in [2.24, 2.45) is 5.92 Å². The third-order valence-corrected chi connectivity index (χ3v) is 9.16. The fraction of sp³-hybridized carbons (Fsp3) is 0.946. The molecule has 0 aromatic heterocycles. The van der Waals surface area contributed by atoms with E-state index >= 15 is 0 Å². The Balaban J connectivity index is 0. The standard InChI is InChI=1S/C37H74O4S.Na/c1-3-5-7-9-11-13-15-17-19-20-21-23-25-27-29-31-33-35-37(36-41-42(38,39)40)34-32-30-28-26-24-22-18-16-14-12-10-8-6-4-2;/h33,35,37H,3-32,34,36H2,1-2H3,(H,38,39,40);/q;+1/p-1/b35-33+;. The largest absolute Gasteiger partial charge is 1.00 e. The molecule has 0 aliphatic rings. The predicted octanol–water partition coefficient (Wildman–Crippen LogP) is 9.77. The summed E-state index contributed by atoms with van der Waals surface area (Å²) in [5, 5.41) is 0. The van der Waals surface area contributed by atoms with Crippen molar-refractivity contribution in [3.8, 4) is 0 Å². The van der Waals surface area contributed by atoms with Crippen molar-refractivity contribution in [2.45, 2.75) is 213 Å². The number of unbranched alkanes of at least 4 members (excludes halogenated alkanes) is 28. The summed E-state index contributed by atoms with van der Waals surface area (Å²) in [7, 11) is -4.62. The van der Waals surface area contributed by atoms with E-state index in [9.17, 15) is 13.0 Å². The van der Waals surface area contributed by atoms with Gasteiger partial charge in [0.25, 0.3) is 0 Å². The zero-order valence-electron chi connectivity index (χ0n) is 29.4. The smallest absolute Gasteiger partial charge is 0.726 e. The molecule has 1 unspecified atom stereocenters. The second-order valence-electron chi connectivity index (χ2n) is 13.0. The fourth-order valence-electron chi connectivity index (χ4n) is 5.93. The molecule has 1 atom stereocenters. The van der Waals surface area contributed by atoms with Gasteiger partial charge in [-0.05, 0) is 19.3 Å². The first-order chi connectivity index (χ1) is 20.5. The van der Waals surface area contributed by atoms with E-state index in [2.05, 4.69) is 30.2 Å². The molecular formula is C37H73NaO4S. The van der Waals surface area contributed by atoms with Gasteiger partial charge < -0.3 is 4.55 Å². The van der Waals surface area contributed by atoms with Gasteiger partial charge in [-0.2, -0.15) is 0 Å². The quantitative estimate of drug-likeness (QED) is 0.0228. The SMILES string of the molecule is CCCCCCCCCCCCCCCCC/C=C/C(CCCCCCCCCCCCCCCC)COS(=O)(=O)[O-].[Na+]. The van der Waals surface area contributed by atoms with E-state index in [1.807, 2.05) is 0 Å². The van der Waals surface area contributed by atoms with Crippen LogP contribution in [0, 0.1) is 5.92 Å². The van der Waals surface area contributed by atoms with Crippen molar-refractivity contribution in [3.05, 3.63) is 12.2 Å². The molecule has 0 rings (SSSR count). The van der Waals surface area contributed by atoms with E-state index in [4.69, 9.17) is 0 Å². The van der Waals surface area contributed by atoms with Gasteiger partial charge in [-0.3, -0.25) is 4.18 Å². The Labute approximate surface area is 293 Å². The van der Waals surface area contributed by atoms with E-state index in [0.717, 1.165) is 19.3 Å². The van der Waals surface area contributed by atoms with Crippen LogP contribution in [-0.2, 0) is 14.6 Å². The zero-order chi connectivity index (χ0) is 30.8. The molecular weight excluding hydrogens is 563 g/mol. The number of allylic oxidation sites excluding steroid dienone is 1. The van der Waals surface area contributed by atoms with Crippen LogP contribution in [0.2, 0.25) is 0 Å². The molecule has 0 saturated carbocycles. The van der Waals surface area contributed by atoms with Crippen LogP contribution in [0.4, 0.5) is 0 Å². The predicted molar refractivity (Wildman–Crippen MR) is 183 cm³/mol. The maximum atomic E-state index is 11.0. The molecule has 252 valence electrons. The Morgan fingerprint density at radius 3 is 1.14 bits per heavy atom. The van der Waals surface area contributed by atoms with Crippen LogP contribution < -0.4 is 29.6 Å². The number of hydrogen-bond donors (Lipinski definition) is 0. The molecule has 0 spiro atoms. The molecule has 4 nitrogen and oxygen atoms in total. The number of rotatable bonds is 35. The van der Waals surface area contributed by atoms with Gasteiger partial charge in [0, 0.05) is 5.92 Å². The summed E-state index contributed by atoms with van der Waals surface area (Å²) >= 11 is 0. The average molecular weight is 637 g/mol. The Kier molecular flexibility index (Phi) is 39.4. The van der Waals surface area contributed by atoms with Crippen molar-refractivity contribution in [1.82, 2.24) is 0 Å². The normalized spacial score (nSPS) is 12.6. The average Bonchev–Trinajstić information content (AvgIpc) is 2.96. The Morgan fingerprint density at radius 1 is 0.512 bits per heavy atom. The van der Waals surface area contributed by atoms with E-state index in [-0.39, 0.29) is 42.1 Å². The van der Waals surface area contributed by atoms with Crippen LogP contribution in [0.5, 0.6) is 0 Å². The van der Waals surface area contributed by atoms with Crippen LogP contribution in [0.25, 0.3) is 0 Å². The summed E-state index contributed by atoms with van der Waals surface area (Å²) in [6.45, 7) is 4.54. The topological polar surface area (TPSA) is 66.4 Å². The monoisotopic (exact) mass is 637 g/mol. The van der Waals surface area contributed by atoms with Crippen molar-refractivity contribution < 1.29 is 46.7 Å². The molecule has 0 saturated heterocycles. The first-order valence-corrected chi connectivity index (χ1v) is 20.1. The van der Waals surface area contributed by atoms with Crippen LogP contribution in [0.15, 0.2) is 12.2 Å². The van der Waals surface area contributed by atoms with Crippen molar-refractivity contribution >= 4 is 10.4 Å². The van der Waals surface area contributed by atoms with Crippen molar-refractivity contribution in [3.63, 3.8) is 0 Å². The van der Waals surface area contributed by atoms with Gasteiger partial charge in [0.15, 0.2) is 0 Å². The maximum absolute atomic E-state index is 11.0. The van der Waals surface area contributed by atoms with Crippen LogP contribution in [0.1, 0.15) is 213 Å². The fourth-order valence-corrected chi connectivity index (χ4v) is 6.27. The molecule has 6 heteroatoms. The molecule has 0 aliphatic heterocycles. The first-order valence-electron chi connectivity index (χ1n) is 18.8. The summed E-state index contributed by atoms with van der Waals surface area (Å²) < 4.78 is 37.5. The van der Waals surface area contributed by atoms with E-state index < -0.39 is 10.4 Å². The van der Waals surface area contributed by atoms with Gasteiger partial charge >= 0.3 is 29.6 Å². The second-order valence-corrected chi connectivity index (χ2v) is 14.1. The first kappa shape index (κ1) is 45.7. The molecule has 0 amide bonds. The molecule has 0 bridgehead atoms. The summed E-state index contributed by atoms with van der Waals surface area (Å²) in [4.78, 5) is 0. The Morgan fingerprint density at radius 2 is 0.814 bits per heavy atom. The van der Waals surface area contributed by atoms with Crippen LogP contribution in [0.3, 0.4) is 0 Å². The van der Waals surface area contributed by atoms with Gasteiger partial charge in [-0.25, -0.2) is 8.42 Å². The molecule has 0 N–H and O–H groups in total.